The van der Waals surface area contributed by atoms with Crippen molar-refractivity contribution < 1.29 is 14.6 Å². The third-order valence-corrected chi connectivity index (χ3v) is 2.68. The van der Waals surface area contributed by atoms with Crippen LogP contribution in [0.25, 0.3) is 0 Å². The van der Waals surface area contributed by atoms with Gasteiger partial charge in [0.1, 0.15) is 5.75 Å². The third kappa shape index (κ3) is 2.14. The number of hydrogen-bond acceptors (Lipinski definition) is 4. The molecule has 0 spiro atoms. The number of carbonyl (C=O) groups is 1. The molecule has 1 aromatic rings. The number of likely N-dealkylation sites (N-methyl/N-ethyl adjacent to an activating group) is 1. The van der Waals surface area contributed by atoms with Crippen LogP contribution in [-0.2, 0) is 4.79 Å². The summed E-state index contributed by atoms with van der Waals surface area (Å²) in [5, 5.41) is 8.77. The van der Waals surface area contributed by atoms with Crippen molar-refractivity contribution in [2.75, 3.05) is 20.2 Å². The van der Waals surface area contributed by atoms with E-state index in [2.05, 4.69) is 4.98 Å². The Kier molecular flexibility index (Phi) is 3.05. The van der Waals surface area contributed by atoms with Gasteiger partial charge >= 0.3 is 5.97 Å². The lowest BCUT2D eigenvalue weighted by Gasteiger charge is -2.30. The molecule has 2 rings (SSSR count). The summed E-state index contributed by atoms with van der Waals surface area (Å²) < 4.78 is 5.47. The summed E-state index contributed by atoms with van der Waals surface area (Å²) in [6.07, 6.45) is 2.48. The molecule has 5 nitrogen and oxygen atoms in total. The topological polar surface area (TPSA) is 62.7 Å². The van der Waals surface area contributed by atoms with Crippen molar-refractivity contribution in [3.05, 3.63) is 24.0 Å². The quantitative estimate of drug-likeness (QED) is 0.824. The maximum Gasteiger partial charge on any atom is 0.317 e. The second kappa shape index (κ2) is 4.49. The first-order chi connectivity index (χ1) is 7.68. The van der Waals surface area contributed by atoms with E-state index >= 15 is 0 Å². The minimum atomic E-state index is -0.827. The summed E-state index contributed by atoms with van der Waals surface area (Å²) >= 11 is 0. The molecule has 1 N–H and O–H groups in total. The second-order valence-corrected chi connectivity index (χ2v) is 3.85. The standard InChI is InChI=1S/C11H14N2O3/c1-13(7-10(14)15)8-4-6-16-9-3-2-5-12-11(8)9/h2-3,5,8H,4,6-7H2,1H3,(H,14,15)/t8-/m1/s1. The van der Waals surface area contributed by atoms with Crippen LogP contribution in [0.2, 0.25) is 0 Å². The largest absolute Gasteiger partial charge is 0.492 e. The van der Waals surface area contributed by atoms with Gasteiger partial charge in [-0.05, 0) is 19.2 Å². The molecule has 1 aliphatic rings. The molecule has 0 amide bonds. The van der Waals surface area contributed by atoms with Gasteiger partial charge in [0.2, 0.25) is 0 Å². The summed E-state index contributed by atoms with van der Waals surface area (Å²) in [4.78, 5) is 16.7. The van der Waals surface area contributed by atoms with Crippen LogP contribution in [0.1, 0.15) is 18.2 Å². The van der Waals surface area contributed by atoms with Crippen molar-refractivity contribution in [1.82, 2.24) is 9.88 Å². The second-order valence-electron chi connectivity index (χ2n) is 3.85. The Morgan fingerprint density at radius 2 is 2.56 bits per heavy atom. The van der Waals surface area contributed by atoms with Gasteiger partial charge in [-0.15, -0.1) is 0 Å². The molecular weight excluding hydrogens is 208 g/mol. The smallest absolute Gasteiger partial charge is 0.317 e. The van der Waals surface area contributed by atoms with Crippen LogP contribution in [0, 0.1) is 0 Å². The first kappa shape index (κ1) is 10.9. The van der Waals surface area contributed by atoms with Gasteiger partial charge in [-0.1, -0.05) is 0 Å². The van der Waals surface area contributed by atoms with Crippen LogP contribution < -0.4 is 4.74 Å². The summed E-state index contributed by atoms with van der Waals surface area (Å²) in [6, 6.07) is 3.71. The minimum Gasteiger partial charge on any atom is -0.492 e. The van der Waals surface area contributed by atoms with E-state index in [1.165, 1.54) is 0 Å². The van der Waals surface area contributed by atoms with Crippen LogP contribution >= 0.6 is 0 Å². The van der Waals surface area contributed by atoms with Crippen molar-refractivity contribution in [3.63, 3.8) is 0 Å². The maximum absolute atomic E-state index is 10.7. The molecule has 16 heavy (non-hydrogen) atoms. The Balaban J connectivity index is 2.21. The molecule has 0 bridgehead atoms. The lowest BCUT2D eigenvalue weighted by molar-refractivity contribution is -0.138. The van der Waals surface area contributed by atoms with E-state index in [9.17, 15) is 4.79 Å². The van der Waals surface area contributed by atoms with Crippen LogP contribution in [0.15, 0.2) is 18.3 Å². The van der Waals surface area contributed by atoms with Gasteiger partial charge in [-0.3, -0.25) is 14.7 Å². The van der Waals surface area contributed by atoms with E-state index in [0.29, 0.717) is 6.61 Å². The van der Waals surface area contributed by atoms with Gasteiger partial charge in [0.05, 0.1) is 24.9 Å². The fourth-order valence-electron chi connectivity index (χ4n) is 1.94. The number of carboxylic acid groups (broad SMARTS) is 1. The molecule has 0 saturated carbocycles. The average molecular weight is 222 g/mol. The summed E-state index contributed by atoms with van der Waals surface area (Å²) in [7, 11) is 1.79. The Morgan fingerprint density at radius 1 is 1.75 bits per heavy atom. The lowest BCUT2D eigenvalue weighted by Crippen LogP contribution is -2.33. The zero-order valence-electron chi connectivity index (χ0n) is 9.09. The SMILES string of the molecule is CN(CC(=O)O)[C@@H]1CCOc2cccnc21. The Morgan fingerprint density at radius 3 is 3.31 bits per heavy atom. The van der Waals surface area contributed by atoms with Crippen LogP contribution in [0.5, 0.6) is 5.75 Å². The van der Waals surface area contributed by atoms with Crippen LogP contribution in [0.3, 0.4) is 0 Å². The Labute approximate surface area is 93.7 Å². The van der Waals surface area contributed by atoms with Crippen LogP contribution in [-0.4, -0.2) is 41.2 Å². The van der Waals surface area contributed by atoms with Crippen LogP contribution in [0.4, 0.5) is 0 Å². The number of carboxylic acids is 1. The molecule has 1 atom stereocenters. The molecule has 0 unspecified atom stereocenters. The highest BCUT2D eigenvalue weighted by molar-refractivity contribution is 5.69. The van der Waals surface area contributed by atoms with E-state index in [-0.39, 0.29) is 12.6 Å². The summed E-state index contributed by atoms with van der Waals surface area (Å²) in [5.74, 6) is -0.0672. The number of hydrogen-bond donors (Lipinski definition) is 1. The van der Waals surface area contributed by atoms with E-state index in [0.717, 1.165) is 17.9 Å². The molecule has 1 aromatic heterocycles. The van der Waals surface area contributed by atoms with Crippen molar-refractivity contribution in [2.45, 2.75) is 12.5 Å². The first-order valence-electron chi connectivity index (χ1n) is 5.18. The molecule has 0 aromatic carbocycles. The van der Waals surface area contributed by atoms with Gasteiger partial charge in [-0.2, -0.15) is 0 Å². The normalized spacial score (nSPS) is 19.0. The predicted molar refractivity (Wildman–Crippen MR) is 57.4 cm³/mol. The van der Waals surface area contributed by atoms with E-state index < -0.39 is 5.97 Å². The highest BCUT2D eigenvalue weighted by atomic mass is 16.5. The highest BCUT2D eigenvalue weighted by Gasteiger charge is 2.26. The van der Waals surface area contributed by atoms with Crippen molar-refractivity contribution in [3.8, 4) is 5.75 Å². The van der Waals surface area contributed by atoms with Gasteiger partial charge in [0.15, 0.2) is 0 Å². The van der Waals surface area contributed by atoms with E-state index in [1.54, 1.807) is 18.1 Å². The van der Waals surface area contributed by atoms with Gasteiger partial charge in [0.25, 0.3) is 0 Å². The van der Waals surface area contributed by atoms with Gasteiger partial charge in [-0.25, -0.2) is 0 Å². The minimum absolute atomic E-state index is 0.0146. The van der Waals surface area contributed by atoms with Gasteiger partial charge in [0, 0.05) is 12.6 Å². The predicted octanol–water partition coefficient (Wildman–Crippen LogP) is 0.922. The molecule has 0 fully saturated rings. The molecule has 5 heteroatoms. The van der Waals surface area contributed by atoms with Crippen molar-refractivity contribution in [1.29, 1.82) is 0 Å². The summed E-state index contributed by atoms with van der Waals surface area (Å²) in [6.45, 7) is 0.619. The zero-order chi connectivity index (χ0) is 11.5. The average Bonchev–Trinajstić information content (AvgIpc) is 2.27. The fourth-order valence-corrected chi connectivity index (χ4v) is 1.94. The first-order valence-corrected chi connectivity index (χ1v) is 5.18. The monoisotopic (exact) mass is 222 g/mol. The van der Waals surface area contributed by atoms with E-state index in [4.69, 9.17) is 9.84 Å². The fraction of sp³-hybridized carbons (Fsp3) is 0.455. The highest BCUT2D eigenvalue weighted by Crippen LogP contribution is 2.32. The number of aliphatic carboxylic acids is 1. The number of pyridine rings is 1. The Bertz CT molecular complexity index is 395. The molecule has 1 aliphatic heterocycles. The number of rotatable bonds is 3. The van der Waals surface area contributed by atoms with Gasteiger partial charge < -0.3 is 9.84 Å². The third-order valence-electron chi connectivity index (χ3n) is 2.68. The summed E-state index contributed by atoms with van der Waals surface area (Å²) in [5.41, 5.74) is 0.831. The van der Waals surface area contributed by atoms with Crippen molar-refractivity contribution >= 4 is 5.97 Å². The molecule has 0 saturated heterocycles. The number of aromatic nitrogens is 1. The number of ether oxygens (including phenoxy) is 1. The number of fused-ring (bicyclic) bond motifs is 1. The maximum atomic E-state index is 10.7. The molecular formula is C11H14N2O3. The Hall–Kier alpha value is -1.62. The van der Waals surface area contributed by atoms with Crippen molar-refractivity contribution in [2.24, 2.45) is 0 Å². The van der Waals surface area contributed by atoms with E-state index in [1.807, 2.05) is 12.1 Å². The number of nitrogens with zero attached hydrogens (tertiary/aromatic N) is 2. The zero-order valence-corrected chi connectivity index (χ0v) is 9.09. The molecule has 0 radical (unpaired) electrons. The molecule has 2 heterocycles. The lowest BCUT2D eigenvalue weighted by atomic mass is 10.1. The molecule has 0 aliphatic carbocycles. The molecule has 86 valence electrons.